The van der Waals surface area contributed by atoms with Gasteiger partial charge in [0.15, 0.2) is 0 Å². The number of alkyl halides is 1. The molecule has 0 radical (unpaired) electrons. The summed E-state index contributed by atoms with van der Waals surface area (Å²) in [5, 5.41) is 17.3. The normalized spacial score (nSPS) is 13.1. The van der Waals surface area contributed by atoms with Gasteiger partial charge in [-0.25, -0.2) is 4.79 Å². The van der Waals surface area contributed by atoms with Gasteiger partial charge in [-0.15, -0.1) is 11.6 Å². The molecule has 0 aromatic rings. The highest BCUT2D eigenvalue weighted by Gasteiger charge is 2.15. The van der Waals surface area contributed by atoms with Crippen LogP contribution in [0, 0.1) is 11.3 Å². The van der Waals surface area contributed by atoms with Crippen molar-refractivity contribution < 1.29 is 9.90 Å². The lowest BCUT2D eigenvalue weighted by Gasteiger charge is -2.06. The molecule has 0 rings (SSSR count). The van der Waals surface area contributed by atoms with E-state index < -0.39 is 5.97 Å². The number of carbonyl (C=O) groups is 1. The van der Waals surface area contributed by atoms with E-state index in [0.29, 0.717) is 12.0 Å². The highest BCUT2D eigenvalue weighted by Crippen LogP contribution is 2.20. The maximum Gasteiger partial charge on any atom is 0.346 e. The zero-order chi connectivity index (χ0) is 11.1. The summed E-state index contributed by atoms with van der Waals surface area (Å²) < 4.78 is 0. The van der Waals surface area contributed by atoms with Crippen molar-refractivity contribution in [3.05, 3.63) is 22.3 Å². The van der Waals surface area contributed by atoms with Gasteiger partial charge < -0.3 is 5.11 Å². The Labute approximate surface area is 92.2 Å². The highest BCUT2D eigenvalue weighted by molar-refractivity contribution is 6.26. The average Bonchev–Trinajstić information content (AvgIpc) is 2.17. The zero-order valence-electron chi connectivity index (χ0n) is 7.55. The second kappa shape index (κ2) is 6.47. The molecular formula is C9H9Cl2NO2. The molecule has 76 valence electrons. The summed E-state index contributed by atoms with van der Waals surface area (Å²) in [4.78, 5) is 10.7. The van der Waals surface area contributed by atoms with Gasteiger partial charge in [0.1, 0.15) is 11.6 Å². The first kappa shape index (κ1) is 13.0. The van der Waals surface area contributed by atoms with E-state index in [4.69, 9.17) is 33.6 Å². The fraction of sp³-hybridized carbons (Fsp3) is 0.333. The van der Waals surface area contributed by atoms with Crippen molar-refractivity contribution in [2.45, 2.75) is 13.3 Å². The molecule has 1 N–H and O–H groups in total. The Balaban J connectivity index is 5.42. The van der Waals surface area contributed by atoms with Crippen molar-refractivity contribution in [2.75, 3.05) is 5.88 Å². The largest absolute Gasteiger partial charge is 0.477 e. The minimum atomic E-state index is -1.28. The molecule has 0 heterocycles. The Morgan fingerprint density at radius 3 is 2.43 bits per heavy atom. The molecule has 0 spiro atoms. The van der Waals surface area contributed by atoms with Gasteiger partial charge in [-0.1, -0.05) is 18.5 Å². The van der Waals surface area contributed by atoms with Crippen LogP contribution in [-0.2, 0) is 4.79 Å². The molecule has 0 atom stereocenters. The number of hydrogen-bond donors (Lipinski definition) is 1. The fourth-order valence-electron chi connectivity index (χ4n) is 0.914. The summed E-state index contributed by atoms with van der Waals surface area (Å²) in [6, 6.07) is 1.60. The van der Waals surface area contributed by atoms with Crippen molar-refractivity contribution in [1.29, 1.82) is 5.26 Å². The van der Waals surface area contributed by atoms with Crippen LogP contribution in [-0.4, -0.2) is 17.0 Å². The molecule has 0 saturated carbocycles. The third-order valence-electron chi connectivity index (χ3n) is 1.66. The standard InChI is InChI=1S/C9H9Cl2NO2/c1-2-6(3-10)7(4-11)8(5-12)9(13)14/h3H,2,4H2,1H3,(H,13,14)/b6-3?,8-7+. The molecule has 0 aromatic heterocycles. The molecule has 0 fully saturated rings. The van der Waals surface area contributed by atoms with E-state index in [0.717, 1.165) is 0 Å². The molecule has 0 bridgehead atoms. The van der Waals surface area contributed by atoms with Gasteiger partial charge in [0.2, 0.25) is 0 Å². The topological polar surface area (TPSA) is 61.1 Å². The summed E-state index contributed by atoms with van der Waals surface area (Å²) in [5.74, 6) is -1.32. The molecule has 3 nitrogen and oxygen atoms in total. The summed E-state index contributed by atoms with van der Waals surface area (Å²) in [7, 11) is 0. The predicted molar refractivity (Wildman–Crippen MR) is 55.2 cm³/mol. The van der Waals surface area contributed by atoms with Gasteiger partial charge in [0.05, 0.1) is 0 Å². The summed E-state index contributed by atoms with van der Waals surface area (Å²) in [5.41, 5.74) is 1.74. The van der Waals surface area contributed by atoms with Gasteiger partial charge in [0, 0.05) is 11.4 Å². The van der Waals surface area contributed by atoms with E-state index >= 15 is 0 Å². The van der Waals surface area contributed by atoms with Crippen molar-refractivity contribution in [3.63, 3.8) is 0 Å². The van der Waals surface area contributed by atoms with Crippen LogP contribution < -0.4 is 0 Å². The number of aliphatic carboxylic acids is 1. The molecule has 0 saturated heterocycles. The Morgan fingerprint density at radius 2 is 2.21 bits per heavy atom. The SMILES string of the molecule is CCC(=CCl)/C(CCl)=C(\C#N)C(=O)O. The lowest BCUT2D eigenvalue weighted by molar-refractivity contribution is -0.132. The lowest BCUT2D eigenvalue weighted by Crippen LogP contribution is -2.05. The average molecular weight is 234 g/mol. The van der Waals surface area contributed by atoms with Crippen LogP contribution in [0.25, 0.3) is 0 Å². The first-order valence-corrected chi connectivity index (χ1v) is 4.81. The van der Waals surface area contributed by atoms with Crippen LogP contribution in [0.15, 0.2) is 22.3 Å². The van der Waals surface area contributed by atoms with E-state index in [9.17, 15) is 4.79 Å². The van der Waals surface area contributed by atoms with E-state index in [1.807, 2.05) is 0 Å². The Bertz CT molecular complexity index is 326. The van der Waals surface area contributed by atoms with E-state index in [1.54, 1.807) is 13.0 Å². The third kappa shape index (κ3) is 3.06. The van der Waals surface area contributed by atoms with Crippen molar-refractivity contribution in [1.82, 2.24) is 0 Å². The maximum absolute atomic E-state index is 10.7. The number of halogens is 2. The second-order valence-electron chi connectivity index (χ2n) is 2.39. The maximum atomic E-state index is 10.7. The zero-order valence-corrected chi connectivity index (χ0v) is 9.06. The molecule has 5 heteroatoms. The minimum Gasteiger partial charge on any atom is -0.477 e. The molecule has 14 heavy (non-hydrogen) atoms. The summed E-state index contributed by atoms with van der Waals surface area (Å²) in [6.45, 7) is 1.80. The number of allylic oxidation sites excluding steroid dienone is 2. The number of carboxylic acids is 1. The number of rotatable bonds is 4. The first-order chi connectivity index (χ1) is 6.62. The van der Waals surface area contributed by atoms with Crippen LogP contribution >= 0.6 is 23.2 Å². The van der Waals surface area contributed by atoms with Crippen LogP contribution in [0.5, 0.6) is 0 Å². The predicted octanol–water partition coefficient (Wildman–Crippen LogP) is 2.66. The smallest absolute Gasteiger partial charge is 0.346 e. The molecule has 0 aliphatic heterocycles. The van der Waals surface area contributed by atoms with Gasteiger partial charge in [0.25, 0.3) is 0 Å². The van der Waals surface area contributed by atoms with Crippen LogP contribution in [0.2, 0.25) is 0 Å². The van der Waals surface area contributed by atoms with Crippen molar-refractivity contribution >= 4 is 29.2 Å². The van der Waals surface area contributed by atoms with Crippen LogP contribution in [0.3, 0.4) is 0 Å². The van der Waals surface area contributed by atoms with E-state index in [2.05, 4.69) is 0 Å². The Morgan fingerprint density at radius 1 is 1.64 bits per heavy atom. The van der Waals surface area contributed by atoms with Gasteiger partial charge in [-0.2, -0.15) is 5.26 Å². The Kier molecular flexibility index (Phi) is 6.02. The second-order valence-corrected chi connectivity index (χ2v) is 2.88. The summed E-state index contributed by atoms with van der Waals surface area (Å²) in [6.07, 6.45) is 0.532. The number of hydrogen-bond acceptors (Lipinski definition) is 2. The van der Waals surface area contributed by atoms with Gasteiger partial charge in [-0.3, -0.25) is 0 Å². The minimum absolute atomic E-state index is 0.0401. The number of carboxylic acid groups (broad SMARTS) is 1. The monoisotopic (exact) mass is 233 g/mol. The molecular weight excluding hydrogens is 225 g/mol. The fourth-order valence-corrected chi connectivity index (χ4v) is 1.51. The molecule has 0 unspecified atom stereocenters. The van der Waals surface area contributed by atoms with Crippen molar-refractivity contribution in [3.8, 4) is 6.07 Å². The van der Waals surface area contributed by atoms with Crippen LogP contribution in [0.4, 0.5) is 0 Å². The molecule has 0 amide bonds. The van der Waals surface area contributed by atoms with Crippen molar-refractivity contribution in [2.24, 2.45) is 0 Å². The van der Waals surface area contributed by atoms with E-state index in [-0.39, 0.29) is 17.0 Å². The highest BCUT2D eigenvalue weighted by atomic mass is 35.5. The molecule has 0 aromatic carbocycles. The lowest BCUT2D eigenvalue weighted by atomic mass is 10.0. The van der Waals surface area contributed by atoms with Crippen LogP contribution in [0.1, 0.15) is 13.3 Å². The molecule has 0 aliphatic rings. The molecule has 0 aliphatic carbocycles. The summed E-state index contributed by atoms with van der Waals surface area (Å²) >= 11 is 11.1. The quantitative estimate of drug-likeness (QED) is 0.352. The third-order valence-corrected chi connectivity index (χ3v) is 2.19. The first-order valence-electron chi connectivity index (χ1n) is 3.84. The van der Waals surface area contributed by atoms with E-state index in [1.165, 1.54) is 5.54 Å². The Hall–Kier alpha value is -0.980. The van der Waals surface area contributed by atoms with Gasteiger partial charge in [-0.05, 0) is 17.6 Å². The van der Waals surface area contributed by atoms with Gasteiger partial charge >= 0.3 is 5.97 Å². The number of nitrogens with zero attached hydrogens (tertiary/aromatic N) is 1. The number of nitriles is 1.